The highest BCUT2D eigenvalue weighted by Crippen LogP contribution is 2.30. The first-order chi connectivity index (χ1) is 9.58. The fourth-order valence-corrected chi connectivity index (χ4v) is 3.86. The predicted octanol–water partition coefficient (Wildman–Crippen LogP) is 1.74. The van der Waals surface area contributed by atoms with Crippen LogP contribution in [-0.4, -0.2) is 45.8 Å². The van der Waals surface area contributed by atoms with E-state index in [9.17, 15) is 4.79 Å². The lowest BCUT2D eigenvalue weighted by Gasteiger charge is -2.38. The summed E-state index contributed by atoms with van der Waals surface area (Å²) in [5, 5.41) is 7.01. The van der Waals surface area contributed by atoms with Crippen molar-refractivity contribution >= 4 is 17.6 Å². The van der Waals surface area contributed by atoms with Crippen molar-refractivity contribution in [1.29, 1.82) is 0 Å². The summed E-state index contributed by atoms with van der Waals surface area (Å²) in [5.41, 5.74) is 0.766. The first-order valence-electron chi connectivity index (χ1n) is 7.08. The van der Waals surface area contributed by atoms with Crippen molar-refractivity contribution < 1.29 is 9.53 Å². The number of alkyl carbamates (subject to hydrolysis) is 1. The predicted molar refractivity (Wildman–Crippen MR) is 75.7 cm³/mol. The van der Waals surface area contributed by atoms with Crippen LogP contribution in [0.5, 0.6) is 0 Å². The van der Waals surface area contributed by atoms with E-state index in [0.717, 1.165) is 38.2 Å². The van der Waals surface area contributed by atoms with Gasteiger partial charge in [0, 0.05) is 13.1 Å². The van der Waals surface area contributed by atoms with Gasteiger partial charge in [0.2, 0.25) is 0 Å². The molecule has 1 spiro atoms. The molecule has 7 heteroatoms. The molecule has 0 bridgehead atoms. The lowest BCUT2D eigenvalue weighted by molar-refractivity contribution is -0.0109. The maximum Gasteiger partial charge on any atom is 0.407 e. The zero-order valence-corrected chi connectivity index (χ0v) is 12.7. The second kappa shape index (κ2) is 5.29. The Bertz CT molecular complexity index is 504. The average Bonchev–Trinajstić information content (AvgIpc) is 2.97. The fourth-order valence-electron chi connectivity index (χ4n) is 3.02. The Morgan fingerprint density at radius 3 is 3.10 bits per heavy atom. The van der Waals surface area contributed by atoms with Crippen LogP contribution in [0.3, 0.4) is 0 Å². The lowest BCUT2D eigenvalue weighted by atomic mass is 9.93. The molecule has 0 saturated carbocycles. The lowest BCUT2D eigenvalue weighted by Crippen LogP contribution is -2.50. The third kappa shape index (κ3) is 2.64. The van der Waals surface area contributed by atoms with Gasteiger partial charge in [-0.15, -0.1) is 5.10 Å². The second-order valence-corrected chi connectivity index (χ2v) is 6.82. The Morgan fingerprint density at radius 2 is 2.40 bits per heavy atom. The number of nitrogens with one attached hydrogen (secondary N) is 1. The van der Waals surface area contributed by atoms with Gasteiger partial charge in [-0.3, -0.25) is 4.90 Å². The smallest absolute Gasteiger partial charge is 0.407 e. The van der Waals surface area contributed by atoms with Crippen molar-refractivity contribution in [2.75, 3.05) is 19.6 Å². The van der Waals surface area contributed by atoms with Gasteiger partial charge in [0.25, 0.3) is 0 Å². The summed E-state index contributed by atoms with van der Waals surface area (Å²) < 4.78 is 9.57. The molecule has 1 amide bonds. The minimum Gasteiger partial charge on any atom is -0.440 e. The number of piperidine rings is 1. The Labute approximate surface area is 122 Å². The number of carbonyl (C=O) groups excluding carboxylic acids is 1. The van der Waals surface area contributed by atoms with E-state index in [2.05, 4.69) is 33.7 Å². The third-order valence-corrected chi connectivity index (χ3v) is 4.70. The van der Waals surface area contributed by atoms with E-state index in [1.165, 1.54) is 16.4 Å². The molecular formula is C13H20N4O2S. The minimum absolute atomic E-state index is 0.283. The van der Waals surface area contributed by atoms with Gasteiger partial charge >= 0.3 is 6.09 Å². The Kier molecular flexibility index (Phi) is 3.64. The van der Waals surface area contributed by atoms with Gasteiger partial charge in [-0.2, -0.15) is 0 Å². The van der Waals surface area contributed by atoms with Gasteiger partial charge < -0.3 is 10.1 Å². The zero-order chi connectivity index (χ0) is 14.2. The topological polar surface area (TPSA) is 67.4 Å². The third-order valence-electron chi connectivity index (χ3n) is 3.98. The Balaban J connectivity index is 1.68. The molecule has 0 aromatic carbocycles. The number of hydrogen-bond acceptors (Lipinski definition) is 6. The average molecular weight is 296 g/mol. The highest BCUT2D eigenvalue weighted by atomic mass is 32.1. The fraction of sp³-hybridized carbons (Fsp3) is 0.769. The zero-order valence-electron chi connectivity index (χ0n) is 11.9. The van der Waals surface area contributed by atoms with Gasteiger partial charge in [-0.05, 0) is 36.8 Å². The number of carbonyl (C=O) groups is 1. The minimum atomic E-state index is -0.328. The van der Waals surface area contributed by atoms with Gasteiger partial charge in [-0.25, -0.2) is 4.79 Å². The van der Waals surface area contributed by atoms with Crippen LogP contribution < -0.4 is 5.32 Å². The second-order valence-electron chi connectivity index (χ2n) is 5.98. The first kappa shape index (κ1) is 13.8. The van der Waals surface area contributed by atoms with E-state index in [0.29, 0.717) is 12.5 Å². The van der Waals surface area contributed by atoms with Gasteiger partial charge in [0.15, 0.2) is 0 Å². The summed E-state index contributed by atoms with van der Waals surface area (Å²) in [6, 6.07) is 0. The molecule has 110 valence electrons. The van der Waals surface area contributed by atoms with Crippen molar-refractivity contribution in [1.82, 2.24) is 19.8 Å². The molecular weight excluding hydrogens is 276 g/mol. The molecule has 3 rings (SSSR count). The van der Waals surface area contributed by atoms with E-state index in [4.69, 9.17) is 4.74 Å². The normalized spacial score (nSPS) is 27.1. The van der Waals surface area contributed by atoms with Crippen molar-refractivity contribution in [3.05, 3.63) is 10.6 Å². The monoisotopic (exact) mass is 296 g/mol. The number of likely N-dealkylation sites (tertiary alicyclic amines) is 1. The standard InChI is InChI=1S/C13H20N4O2S/c1-9(2)11-10(20-16-15-11)6-17-5-3-4-13(8-17)7-14-12(18)19-13/h9H,3-8H2,1-2H3,(H,14,18)/t13-/m1/s1. The molecule has 0 radical (unpaired) electrons. The van der Waals surface area contributed by atoms with Crippen LogP contribution in [-0.2, 0) is 11.3 Å². The number of hydrogen-bond donors (Lipinski definition) is 1. The van der Waals surface area contributed by atoms with Crippen molar-refractivity contribution in [2.24, 2.45) is 0 Å². The van der Waals surface area contributed by atoms with E-state index in [1.54, 1.807) is 0 Å². The molecule has 1 N–H and O–H groups in total. The Hall–Kier alpha value is -1.21. The van der Waals surface area contributed by atoms with E-state index in [1.807, 2.05) is 0 Å². The molecule has 0 unspecified atom stereocenters. The molecule has 0 aliphatic carbocycles. The van der Waals surface area contributed by atoms with Crippen LogP contribution in [0.25, 0.3) is 0 Å². The number of nitrogens with zero attached hydrogens (tertiary/aromatic N) is 3. The molecule has 1 aromatic heterocycles. The van der Waals surface area contributed by atoms with Crippen LogP contribution in [0.4, 0.5) is 4.79 Å². The molecule has 1 atom stereocenters. The summed E-state index contributed by atoms with van der Waals surface area (Å²) in [5.74, 6) is 0.397. The highest BCUT2D eigenvalue weighted by Gasteiger charge is 2.43. The summed E-state index contributed by atoms with van der Waals surface area (Å²) >= 11 is 1.48. The highest BCUT2D eigenvalue weighted by molar-refractivity contribution is 7.05. The van der Waals surface area contributed by atoms with Gasteiger partial charge in [-0.1, -0.05) is 18.3 Å². The molecule has 2 aliphatic heterocycles. The summed E-state index contributed by atoms with van der Waals surface area (Å²) in [4.78, 5) is 14.9. The van der Waals surface area contributed by atoms with Crippen LogP contribution in [0.2, 0.25) is 0 Å². The SMILES string of the molecule is CC(C)c1nnsc1CN1CCC[C@@]2(CNC(=O)O2)C1. The number of aromatic nitrogens is 2. The largest absolute Gasteiger partial charge is 0.440 e. The van der Waals surface area contributed by atoms with Crippen molar-refractivity contribution in [3.8, 4) is 0 Å². The number of amides is 1. The molecule has 20 heavy (non-hydrogen) atoms. The van der Waals surface area contributed by atoms with Crippen LogP contribution in [0.1, 0.15) is 43.2 Å². The summed E-state index contributed by atoms with van der Waals surface area (Å²) in [6.07, 6.45) is 1.72. The molecule has 1 aromatic rings. The molecule has 6 nitrogen and oxygen atoms in total. The summed E-state index contributed by atoms with van der Waals surface area (Å²) in [6.45, 7) is 7.59. The molecule has 2 saturated heterocycles. The molecule has 2 fully saturated rings. The van der Waals surface area contributed by atoms with E-state index < -0.39 is 0 Å². The van der Waals surface area contributed by atoms with Crippen molar-refractivity contribution in [3.63, 3.8) is 0 Å². The van der Waals surface area contributed by atoms with Gasteiger partial charge in [0.1, 0.15) is 5.60 Å². The van der Waals surface area contributed by atoms with Crippen LogP contribution >= 0.6 is 11.5 Å². The molecule has 3 heterocycles. The maximum absolute atomic E-state index is 11.3. The number of rotatable bonds is 3. The molecule has 2 aliphatic rings. The van der Waals surface area contributed by atoms with Gasteiger partial charge in [0.05, 0.1) is 17.1 Å². The summed E-state index contributed by atoms with van der Waals surface area (Å²) in [7, 11) is 0. The van der Waals surface area contributed by atoms with Crippen LogP contribution in [0, 0.1) is 0 Å². The van der Waals surface area contributed by atoms with E-state index >= 15 is 0 Å². The van der Waals surface area contributed by atoms with Crippen molar-refractivity contribution in [2.45, 2.75) is 44.8 Å². The van der Waals surface area contributed by atoms with E-state index in [-0.39, 0.29) is 11.7 Å². The first-order valence-corrected chi connectivity index (χ1v) is 7.86. The Morgan fingerprint density at radius 1 is 1.55 bits per heavy atom. The maximum atomic E-state index is 11.3. The quantitative estimate of drug-likeness (QED) is 0.920. The van der Waals surface area contributed by atoms with Crippen LogP contribution in [0.15, 0.2) is 0 Å². The number of ether oxygens (including phenoxy) is 1.